The third-order valence-electron chi connectivity index (χ3n) is 6.50. The largest absolute Gasteiger partial charge is 0.462 e. The highest BCUT2D eigenvalue weighted by molar-refractivity contribution is 6.61. The van der Waals surface area contributed by atoms with Crippen LogP contribution in [-0.2, 0) is 32.1 Å². The number of halogens is 5. The van der Waals surface area contributed by atoms with E-state index >= 15 is 0 Å². The fraction of sp³-hybridized carbons (Fsp3) is 0.400. The van der Waals surface area contributed by atoms with Gasteiger partial charge in [-0.25, -0.2) is 9.48 Å². The van der Waals surface area contributed by atoms with Crippen molar-refractivity contribution in [2.45, 2.75) is 33.9 Å². The van der Waals surface area contributed by atoms with Gasteiger partial charge in [-0.3, -0.25) is 20.3 Å². The molecule has 0 radical (unpaired) electrons. The molecule has 14 heteroatoms. The van der Waals surface area contributed by atoms with Gasteiger partial charge >= 0.3 is 5.97 Å². The number of rotatable bonds is 4. The fourth-order valence-corrected chi connectivity index (χ4v) is 5.26. The van der Waals surface area contributed by atoms with Gasteiger partial charge in [0.15, 0.2) is 0 Å². The van der Waals surface area contributed by atoms with E-state index in [2.05, 4.69) is 10.9 Å². The Kier molecular flexibility index (Phi) is 15.1. The van der Waals surface area contributed by atoms with Gasteiger partial charge in [0.05, 0.1) is 57.3 Å². The summed E-state index contributed by atoms with van der Waals surface area (Å²) >= 11 is 29.8. The van der Waals surface area contributed by atoms with Crippen molar-refractivity contribution in [2.75, 3.05) is 46.1 Å². The molecular formula is C30H35Cl5N4O5. The number of hydrogen-bond acceptors (Lipinski definition) is 7. The summed E-state index contributed by atoms with van der Waals surface area (Å²) in [5, 5.41) is 1.75. The highest BCUT2D eigenvalue weighted by Crippen LogP contribution is 2.30. The van der Waals surface area contributed by atoms with Gasteiger partial charge in [-0.15, -0.1) is 0 Å². The summed E-state index contributed by atoms with van der Waals surface area (Å²) in [6.45, 7) is 11.4. The normalized spacial score (nSPS) is 14.5. The van der Waals surface area contributed by atoms with Crippen molar-refractivity contribution in [3.8, 4) is 11.1 Å². The van der Waals surface area contributed by atoms with E-state index in [0.29, 0.717) is 52.6 Å². The molecule has 1 aromatic heterocycles. The number of hydrogen-bond donors (Lipinski definition) is 2. The quantitative estimate of drug-likeness (QED) is 0.238. The number of ether oxygens (including phenoxy) is 3. The summed E-state index contributed by atoms with van der Waals surface area (Å²) in [6.07, 6.45) is 0. The lowest BCUT2D eigenvalue weighted by Crippen LogP contribution is -2.32. The van der Waals surface area contributed by atoms with Crippen LogP contribution in [0.2, 0.25) is 15.2 Å². The first-order chi connectivity index (χ1) is 21.1. The summed E-state index contributed by atoms with van der Waals surface area (Å²) in [6, 6.07) is 10.6. The van der Waals surface area contributed by atoms with Crippen molar-refractivity contribution in [2.24, 2.45) is 0 Å². The van der Waals surface area contributed by atoms with Crippen LogP contribution in [0.3, 0.4) is 0 Å². The summed E-state index contributed by atoms with van der Waals surface area (Å²) in [5.74, 6) is -0.547. The second-order valence-corrected chi connectivity index (χ2v) is 11.7. The third-order valence-corrected chi connectivity index (χ3v) is 8.11. The Morgan fingerprint density at radius 3 is 2.00 bits per heavy atom. The number of carbonyl (C=O) groups is 1. The van der Waals surface area contributed by atoms with Gasteiger partial charge in [0.25, 0.3) is 5.56 Å². The monoisotopic (exact) mass is 706 g/mol. The summed E-state index contributed by atoms with van der Waals surface area (Å²) in [7, 11) is 0. The Morgan fingerprint density at radius 2 is 1.43 bits per heavy atom. The Labute approximate surface area is 281 Å². The van der Waals surface area contributed by atoms with E-state index in [9.17, 15) is 9.59 Å². The minimum Gasteiger partial charge on any atom is -0.462 e. The molecule has 240 valence electrons. The fourth-order valence-electron chi connectivity index (χ4n) is 4.28. The van der Waals surface area contributed by atoms with Crippen LogP contribution in [-0.4, -0.2) is 61.5 Å². The van der Waals surface area contributed by atoms with E-state index in [1.165, 1.54) is 0 Å². The first-order valence-corrected chi connectivity index (χ1v) is 15.8. The number of hydrazine groups is 1. The van der Waals surface area contributed by atoms with Crippen molar-refractivity contribution in [1.82, 2.24) is 20.2 Å². The molecule has 0 bridgehead atoms. The first-order valence-electron chi connectivity index (χ1n) is 13.9. The molecule has 2 aromatic carbocycles. The van der Waals surface area contributed by atoms with Crippen molar-refractivity contribution in [3.05, 3.63) is 83.1 Å². The molecule has 9 nitrogen and oxygen atoms in total. The summed E-state index contributed by atoms with van der Waals surface area (Å²) < 4.78 is 18.6. The molecule has 3 aromatic rings. The van der Waals surface area contributed by atoms with Crippen LogP contribution in [0.1, 0.15) is 23.6 Å². The van der Waals surface area contributed by atoms with Crippen LogP contribution in [0.5, 0.6) is 0 Å². The summed E-state index contributed by atoms with van der Waals surface area (Å²) in [5.41, 5.74) is 9.70. The minimum atomic E-state index is -0.547. The number of esters is 1. The number of aryl methyl sites for hydroxylation is 2. The zero-order valence-electron chi connectivity index (χ0n) is 24.7. The van der Waals surface area contributed by atoms with Gasteiger partial charge in [-0.2, -0.15) is 0 Å². The minimum absolute atomic E-state index is 0.0813. The highest BCUT2D eigenvalue weighted by Gasteiger charge is 2.22. The van der Waals surface area contributed by atoms with Crippen molar-refractivity contribution < 1.29 is 19.0 Å². The standard InChI is InChI=1S/C14H14Cl2N2O2.C12H11Cl3O2.C4H10N2O/c1-9-8-10(2-3-11(9)15)12-13(16)17-4-6-20-7-5-18(17)14(12)19;1-3-17-12(16)10(11(14)15)8-4-5-9(13)7(2)6-8;1-3-7-4-2-6-5-1/h2-3,8H,4-7H2,1H3;4-6H,3H2,1-2H3;5-6H,1-4H2. The topological polar surface area (TPSA) is 95.7 Å². The van der Waals surface area contributed by atoms with Gasteiger partial charge in [-0.1, -0.05) is 70.1 Å². The maximum atomic E-state index is 12.6. The van der Waals surface area contributed by atoms with Crippen molar-refractivity contribution in [1.29, 1.82) is 0 Å². The molecule has 5 rings (SSSR count). The summed E-state index contributed by atoms with van der Waals surface area (Å²) in [4.78, 5) is 24.3. The number of carbonyl (C=O) groups excluding carboxylic acids is 1. The second-order valence-electron chi connectivity index (χ2n) is 9.58. The molecule has 0 aliphatic carbocycles. The van der Waals surface area contributed by atoms with Crippen LogP contribution in [0.4, 0.5) is 0 Å². The molecule has 0 saturated carbocycles. The van der Waals surface area contributed by atoms with Gasteiger partial charge in [0.2, 0.25) is 0 Å². The average Bonchev–Trinajstić information content (AvgIpc) is 3.32. The second kappa shape index (κ2) is 18.2. The van der Waals surface area contributed by atoms with Gasteiger partial charge in [-0.05, 0) is 67.3 Å². The lowest BCUT2D eigenvalue weighted by Gasteiger charge is -2.08. The molecule has 2 N–H and O–H groups in total. The van der Waals surface area contributed by atoms with Crippen LogP contribution >= 0.6 is 58.0 Å². The average molecular weight is 709 g/mol. The Morgan fingerprint density at radius 1 is 0.864 bits per heavy atom. The zero-order chi connectivity index (χ0) is 32.2. The van der Waals surface area contributed by atoms with Crippen LogP contribution in [0.15, 0.2) is 45.7 Å². The van der Waals surface area contributed by atoms with Crippen LogP contribution < -0.4 is 16.4 Å². The number of aromatic nitrogens is 2. The number of benzene rings is 2. The Bertz CT molecular complexity index is 1500. The van der Waals surface area contributed by atoms with E-state index < -0.39 is 5.97 Å². The maximum absolute atomic E-state index is 12.6. The first kappa shape index (κ1) is 36.4. The van der Waals surface area contributed by atoms with Crippen LogP contribution in [0, 0.1) is 13.8 Å². The Hall–Kier alpha value is -2.05. The molecule has 0 amide bonds. The molecule has 0 unspecified atom stereocenters. The molecule has 0 atom stereocenters. The van der Waals surface area contributed by atoms with Crippen molar-refractivity contribution in [3.63, 3.8) is 0 Å². The van der Waals surface area contributed by atoms with E-state index in [1.807, 2.05) is 26.0 Å². The van der Waals surface area contributed by atoms with Gasteiger partial charge < -0.3 is 14.2 Å². The molecule has 44 heavy (non-hydrogen) atoms. The maximum Gasteiger partial charge on any atom is 0.341 e. The van der Waals surface area contributed by atoms with E-state index in [4.69, 9.17) is 72.2 Å². The molecule has 1 saturated heterocycles. The van der Waals surface area contributed by atoms with Gasteiger partial charge in [0.1, 0.15) is 9.64 Å². The number of fused-ring (bicyclic) bond motifs is 1. The predicted molar refractivity (Wildman–Crippen MR) is 178 cm³/mol. The molecule has 2 aliphatic rings. The van der Waals surface area contributed by atoms with Crippen LogP contribution in [0.25, 0.3) is 16.7 Å². The highest BCUT2D eigenvalue weighted by atomic mass is 35.5. The zero-order valence-corrected chi connectivity index (χ0v) is 28.4. The van der Waals surface area contributed by atoms with E-state index in [0.717, 1.165) is 43.0 Å². The predicted octanol–water partition coefficient (Wildman–Crippen LogP) is 6.43. The number of nitrogens with one attached hydrogen (secondary N) is 2. The third kappa shape index (κ3) is 9.97. The SMILES string of the molecule is C1COCCNN1.CCOC(=O)C(=C(Cl)Cl)c1ccc(Cl)c(C)c1.Cc1cc(-c2c(Cl)n3n(c2=O)CCOCC3)ccc1Cl. The smallest absolute Gasteiger partial charge is 0.341 e. The molecule has 1 fully saturated rings. The van der Waals surface area contributed by atoms with E-state index in [-0.39, 0.29) is 22.2 Å². The molecule has 2 aliphatic heterocycles. The van der Waals surface area contributed by atoms with Gasteiger partial charge in [0, 0.05) is 23.1 Å². The Balaban J connectivity index is 0.000000200. The lowest BCUT2D eigenvalue weighted by molar-refractivity contribution is -0.136. The lowest BCUT2D eigenvalue weighted by atomic mass is 10.1. The molecule has 3 heterocycles. The molecule has 0 spiro atoms. The molecular weight excluding hydrogens is 674 g/mol. The van der Waals surface area contributed by atoms with E-state index in [1.54, 1.807) is 40.6 Å². The van der Waals surface area contributed by atoms with Crippen molar-refractivity contribution >= 4 is 69.5 Å². The number of nitrogens with zero attached hydrogens (tertiary/aromatic N) is 2.